The van der Waals surface area contributed by atoms with E-state index in [9.17, 15) is 27.2 Å². The van der Waals surface area contributed by atoms with E-state index in [1.165, 1.54) is 18.4 Å². The summed E-state index contributed by atoms with van der Waals surface area (Å²) in [5.74, 6) is -2.15. The van der Waals surface area contributed by atoms with Gasteiger partial charge in [-0.15, -0.1) is 0 Å². The van der Waals surface area contributed by atoms with Gasteiger partial charge in [0.1, 0.15) is 15.7 Å². The van der Waals surface area contributed by atoms with Gasteiger partial charge in [-0.25, -0.2) is 12.8 Å². The van der Waals surface area contributed by atoms with E-state index < -0.39 is 32.7 Å². The second-order valence-corrected chi connectivity index (χ2v) is 13.5. The molecule has 10 heteroatoms. The zero-order valence-corrected chi connectivity index (χ0v) is 23.9. The Morgan fingerprint density at radius 3 is 2.21 bits per heavy atom. The van der Waals surface area contributed by atoms with Gasteiger partial charge in [0.2, 0.25) is 0 Å². The quantitative estimate of drug-likeness (QED) is 0.376. The molecule has 2 N–H and O–H groups in total. The number of nitrogens with zero attached hydrogens (tertiary/aromatic N) is 1. The molecule has 4 rings (SSSR count). The zero-order valence-electron chi connectivity index (χ0n) is 23.1. The number of sulfone groups is 1. The summed E-state index contributed by atoms with van der Waals surface area (Å²) in [6.07, 6.45) is 8.02. The first-order chi connectivity index (χ1) is 18.4. The molecule has 212 valence electrons. The molecular weight excluding hydrogens is 521 g/mol. The molecule has 0 spiro atoms. The normalized spacial score (nSPS) is 20.4. The van der Waals surface area contributed by atoms with E-state index in [1.807, 2.05) is 0 Å². The number of rotatable bonds is 7. The fraction of sp³-hybridized carbons (Fsp3) is 0.552. The van der Waals surface area contributed by atoms with Crippen LogP contribution in [-0.4, -0.2) is 48.1 Å². The van der Waals surface area contributed by atoms with Crippen molar-refractivity contribution in [3.8, 4) is 0 Å². The van der Waals surface area contributed by atoms with Gasteiger partial charge in [0.15, 0.2) is 0 Å². The fourth-order valence-corrected chi connectivity index (χ4v) is 7.35. The predicted octanol–water partition coefficient (Wildman–Crippen LogP) is 4.74. The Bertz CT molecular complexity index is 1380. The Labute approximate surface area is 229 Å². The number of Topliss-reactive ketones (excluding diaryl/α,β-unsaturated/α-hetero) is 1. The molecule has 2 saturated carbocycles. The molecule has 0 saturated heterocycles. The van der Waals surface area contributed by atoms with E-state index in [2.05, 4.69) is 10.6 Å². The van der Waals surface area contributed by atoms with Crippen LogP contribution < -0.4 is 10.6 Å². The minimum absolute atomic E-state index is 0.0778. The van der Waals surface area contributed by atoms with Gasteiger partial charge in [0, 0.05) is 36.6 Å². The number of carbonyl (C=O) groups excluding carboxylic acids is 3. The number of hydrogen-bond acceptors (Lipinski definition) is 5. The van der Waals surface area contributed by atoms with Gasteiger partial charge in [-0.2, -0.15) is 0 Å². The minimum Gasteiger partial charge on any atom is -0.346 e. The molecule has 2 aliphatic rings. The molecule has 39 heavy (non-hydrogen) atoms. The third-order valence-corrected chi connectivity index (χ3v) is 10.0. The molecule has 0 aliphatic heterocycles. The van der Waals surface area contributed by atoms with Gasteiger partial charge in [0.25, 0.3) is 17.6 Å². The number of aryl methyl sites for hydroxylation is 1. The lowest BCUT2D eigenvalue weighted by molar-refractivity contribution is -0.117. The van der Waals surface area contributed by atoms with E-state index in [-0.39, 0.29) is 23.5 Å². The topological polar surface area (TPSA) is 114 Å². The van der Waals surface area contributed by atoms with Gasteiger partial charge in [0.05, 0.1) is 16.5 Å². The van der Waals surface area contributed by atoms with Crippen LogP contribution in [0.4, 0.5) is 10.1 Å². The number of ketones is 1. The summed E-state index contributed by atoms with van der Waals surface area (Å²) in [7, 11) is -1.41. The van der Waals surface area contributed by atoms with Crippen molar-refractivity contribution in [1.82, 2.24) is 9.88 Å². The fourth-order valence-electron chi connectivity index (χ4n) is 6.22. The van der Waals surface area contributed by atoms with E-state index >= 15 is 0 Å². The van der Waals surface area contributed by atoms with Crippen LogP contribution in [0.25, 0.3) is 0 Å². The summed E-state index contributed by atoms with van der Waals surface area (Å²) in [4.78, 5) is 40.2. The molecule has 8 nitrogen and oxygen atoms in total. The van der Waals surface area contributed by atoms with Crippen LogP contribution in [0, 0.1) is 19.7 Å². The van der Waals surface area contributed by atoms with Gasteiger partial charge in [-0.3, -0.25) is 14.4 Å². The summed E-state index contributed by atoms with van der Waals surface area (Å²) in [5, 5.41) is 5.24. The van der Waals surface area contributed by atoms with Crippen molar-refractivity contribution in [1.29, 1.82) is 0 Å². The number of benzene rings is 1. The Kier molecular flexibility index (Phi) is 8.63. The number of hydrogen-bond donors (Lipinski definition) is 2. The predicted molar refractivity (Wildman–Crippen MR) is 148 cm³/mol. The van der Waals surface area contributed by atoms with Crippen LogP contribution >= 0.6 is 0 Å². The molecule has 1 heterocycles. The van der Waals surface area contributed by atoms with Gasteiger partial charge >= 0.3 is 0 Å². The first-order valence-corrected chi connectivity index (χ1v) is 15.6. The lowest BCUT2D eigenvalue weighted by atomic mass is 9.85. The molecule has 2 aromatic rings. The maximum absolute atomic E-state index is 13.8. The van der Waals surface area contributed by atoms with Crippen molar-refractivity contribution in [3.63, 3.8) is 0 Å². The van der Waals surface area contributed by atoms with Gasteiger partial charge in [-0.1, -0.05) is 19.3 Å². The summed E-state index contributed by atoms with van der Waals surface area (Å²) >= 11 is 0. The standard InChI is InChI=1S/C29H38FN3O5S/c1-17-16-21(12-15-23(17)30)32-28(35)24-18(2)25(33(3)26(24)19-8-6-5-7-9-19)27(34)29(36)31-20-10-13-22(14-11-20)39(4,37)38/h12,15-16,19-20,22H,5-11,13-14H2,1-4H3,(H,31,36)(H,32,35). The van der Waals surface area contributed by atoms with Gasteiger partial charge in [-0.05, 0) is 81.7 Å². The van der Waals surface area contributed by atoms with E-state index in [4.69, 9.17) is 0 Å². The average molecular weight is 560 g/mol. The van der Waals surface area contributed by atoms with Crippen LogP contribution in [-0.2, 0) is 21.7 Å². The first kappa shape index (κ1) is 29.0. The van der Waals surface area contributed by atoms with Crippen molar-refractivity contribution in [2.45, 2.75) is 88.8 Å². The molecule has 0 unspecified atom stereocenters. The summed E-state index contributed by atoms with van der Waals surface area (Å²) in [6.45, 7) is 3.31. The van der Waals surface area contributed by atoms with Crippen LogP contribution in [0.2, 0.25) is 0 Å². The van der Waals surface area contributed by atoms with E-state index in [0.717, 1.165) is 37.8 Å². The molecule has 2 fully saturated rings. The molecule has 1 aromatic carbocycles. The maximum atomic E-state index is 13.8. The first-order valence-electron chi connectivity index (χ1n) is 13.7. The summed E-state index contributed by atoms with van der Waals surface area (Å²) in [6, 6.07) is 4.08. The lowest BCUT2D eigenvalue weighted by Crippen LogP contribution is -2.43. The Morgan fingerprint density at radius 2 is 1.62 bits per heavy atom. The molecule has 0 bridgehead atoms. The zero-order chi connectivity index (χ0) is 28.5. The summed E-state index contributed by atoms with van der Waals surface area (Å²) < 4.78 is 39.2. The van der Waals surface area contributed by atoms with Crippen LogP contribution in [0.5, 0.6) is 0 Å². The van der Waals surface area contributed by atoms with Crippen molar-refractivity contribution >= 4 is 33.1 Å². The molecule has 0 radical (unpaired) electrons. The minimum atomic E-state index is -3.14. The van der Waals surface area contributed by atoms with Crippen LogP contribution in [0.3, 0.4) is 0 Å². The maximum Gasteiger partial charge on any atom is 0.294 e. The second kappa shape index (κ2) is 11.6. The van der Waals surface area contributed by atoms with Crippen LogP contribution in [0.1, 0.15) is 101 Å². The number of aromatic nitrogens is 1. The Balaban J connectivity index is 1.61. The van der Waals surface area contributed by atoms with E-state index in [1.54, 1.807) is 31.5 Å². The SMILES string of the molecule is Cc1cc(NC(=O)c2c(C)c(C(=O)C(=O)NC3CCC(S(C)(=O)=O)CC3)n(C)c2C2CCCCC2)ccc1F. The molecule has 2 amide bonds. The summed E-state index contributed by atoms with van der Waals surface area (Å²) in [5.41, 5.74) is 2.61. The third-order valence-electron chi connectivity index (χ3n) is 8.35. The largest absolute Gasteiger partial charge is 0.346 e. The smallest absolute Gasteiger partial charge is 0.294 e. The number of amides is 2. The number of nitrogens with one attached hydrogen (secondary N) is 2. The lowest BCUT2D eigenvalue weighted by Gasteiger charge is -2.27. The molecule has 1 aromatic heterocycles. The average Bonchev–Trinajstić information content (AvgIpc) is 3.15. The highest BCUT2D eigenvalue weighted by molar-refractivity contribution is 7.91. The second-order valence-electron chi connectivity index (χ2n) is 11.2. The molecule has 0 atom stereocenters. The number of anilines is 1. The van der Waals surface area contributed by atoms with Gasteiger partial charge < -0.3 is 15.2 Å². The van der Waals surface area contributed by atoms with Crippen LogP contribution in [0.15, 0.2) is 18.2 Å². The number of halogens is 1. The monoisotopic (exact) mass is 559 g/mol. The van der Waals surface area contributed by atoms with E-state index in [0.29, 0.717) is 48.1 Å². The number of carbonyl (C=O) groups is 3. The van der Waals surface area contributed by atoms with Crippen molar-refractivity contribution in [3.05, 3.63) is 52.1 Å². The molecular formula is C29H38FN3O5S. The Morgan fingerprint density at radius 1 is 0.974 bits per heavy atom. The highest BCUT2D eigenvalue weighted by Crippen LogP contribution is 2.38. The molecule has 2 aliphatic carbocycles. The third kappa shape index (κ3) is 6.26. The van der Waals surface area contributed by atoms with Crippen molar-refractivity contribution in [2.75, 3.05) is 11.6 Å². The Hall–Kier alpha value is -3.01. The highest BCUT2D eigenvalue weighted by atomic mass is 32.2. The highest BCUT2D eigenvalue weighted by Gasteiger charge is 2.35. The van der Waals surface area contributed by atoms with Crippen molar-refractivity contribution < 1.29 is 27.2 Å². The van der Waals surface area contributed by atoms with Crippen molar-refractivity contribution in [2.24, 2.45) is 7.05 Å².